The van der Waals surface area contributed by atoms with E-state index in [1.165, 1.54) is 29.2 Å². The lowest BCUT2D eigenvalue weighted by atomic mass is 10.1. The molecule has 208 valence electrons. The molecule has 0 radical (unpaired) electrons. The number of ether oxygens (including phenoxy) is 1. The van der Waals surface area contributed by atoms with Gasteiger partial charge in [0, 0.05) is 12.6 Å². The van der Waals surface area contributed by atoms with E-state index in [-0.39, 0.29) is 24.2 Å². The number of hydrogen-bond acceptors (Lipinski definition) is 5. The van der Waals surface area contributed by atoms with E-state index in [2.05, 4.69) is 5.32 Å². The number of hydrogen-bond donors (Lipinski definition) is 1. The normalized spacial score (nSPS) is 12.7. The van der Waals surface area contributed by atoms with Crippen molar-refractivity contribution < 1.29 is 27.1 Å². The lowest BCUT2D eigenvalue weighted by molar-refractivity contribution is -0.139. The van der Waals surface area contributed by atoms with Gasteiger partial charge in [-0.05, 0) is 74.4 Å². The van der Waals surface area contributed by atoms with E-state index in [1.54, 1.807) is 43.3 Å². The number of carbonyl (C=O) groups is 2. The van der Waals surface area contributed by atoms with E-state index in [0.717, 1.165) is 10.6 Å². The van der Waals surface area contributed by atoms with Gasteiger partial charge >= 0.3 is 0 Å². The lowest BCUT2D eigenvalue weighted by Crippen LogP contribution is -2.52. The SMILES string of the molecule is CC[C@H](C)NC(=O)[C@H](C)N(Cc1ccc(F)cc1)C(=O)CN(c1ccc(Oc2ccccc2)cc1)S(C)(=O)=O. The molecular formula is C29H34FN3O5S. The number of para-hydroxylation sites is 1. The Morgan fingerprint density at radius 2 is 1.51 bits per heavy atom. The van der Waals surface area contributed by atoms with Crippen LogP contribution in [0.1, 0.15) is 32.8 Å². The zero-order valence-electron chi connectivity index (χ0n) is 22.5. The first-order valence-electron chi connectivity index (χ1n) is 12.6. The van der Waals surface area contributed by atoms with E-state index >= 15 is 0 Å². The van der Waals surface area contributed by atoms with E-state index in [1.807, 2.05) is 32.0 Å². The summed E-state index contributed by atoms with van der Waals surface area (Å²) in [6, 6.07) is 20.0. The van der Waals surface area contributed by atoms with Crippen LogP contribution in [0, 0.1) is 5.82 Å². The van der Waals surface area contributed by atoms with Gasteiger partial charge < -0.3 is 15.0 Å². The predicted octanol–water partition coefficient (Wildman–Crippen LogP) is 4.72. The molecule has 0 aromatic heterocycles. The van der Waals surface area contributed by atoms with Crippen molar-refractivity contribution in [2.75, 3.05) is 17.1 Å². The third-order valence-corrected chi connectivity index (χ3v) is 7.36. The molecule has 8 nitrogen and oxygen atoms in total. The fraction of sp³-hybridized carbons (Fsp3) is 0.310. The quantitative estimate of drug-likeness (QED) is 0.349. The van der Waals surface area contributed by atoms with Gasteiger partial charge in [0.1, 0.15) is 29.9 Å². The minimum absolute atomic E-state index is 0.00430. The Labute approximate surface area is 229 Å². The summed E-state index contributed by atoms with van der Waals surface area (Å²) in [5.41, 5.74) is 0.867. The Morgan fingerprint density at radius 3 is 2.08 bits per heavy atom. The molecule has 0 saturated carbocycles. The summed E-state index contributed by atoms with van der Waals surface area (Å²) < 4.78 is 45.7. The van der Waals surface area contributed by atoms with Gasteiger partial charge in [-0.2, -0.15) is 0 Å². The Hall–Kier alpha value is -3.92. The molecule has 10 heteroatoms. The summed E-state index contributed by atoms with van der Waals surface area (Å²) in [6.07, 6.45) is 1.72. The van der Waals surface area contributed by atoms with Gasteiger partial charge in [0.05, 0.1) is 11.9 Å². The van der Waals surface area contributed by atoms with E-state index < -0.39 is 34.3 Å². The van der Waals surface area contributed by atoms with Crippen LogP contribution in [0.5, 0.6) is 11.5 Å². The summed E-state index contributed by atoms with van der Waals surface area (Å²) in [6.45, 7) is 4.83. The average Bonchev–Trinajstić information content (AvgIpc) is 2.91. The van der Waals surface area contributed by atoms with Crippen molar-refractivity contribution >= 4 is 27.5 Å². The van der Waals surface area contributed by atoms with Gasteiger partial charge in [0.15, 0.2) is 0 Å². The van der Waals surface area contributed by atoms with Crippen LogP contribution in [0.15, 0.2) is 78.9 Å². The molecule has 3 rings (SSSR count). The number of carbonyl (C=O) groups excluding carboxylic acids is 2. The third-order valence-electron chi connectivity index (χ3n) is 6.22. The van der Waals surface area contributed by atoms with Crippen molar-refractivity contribution in [3.05, 3.63) is 90.2 Å². The van der Waals surface area contributed by atoms with Crippen LogP contribution in [-0.4, -0.2) is 50.0 Å². The molecule has 0 spiro atoms. The summed E-state index contributed by atoms with van der Waals surface area (Å²) in [4.78, 5) is 27.8. The van der Waals surface area contributed by atoms with Crippen LogP contribution in [0.3, 0.4) is 0 Å². The summed E-state index contributed by atoms with van der Waals surface area (Å²) in [5, 5.41) is 2.86. The van der Waals surface area contributed by atoms with Crippen LogP contribution >= 0.6 is 0 Å². The van der Waals surface area contributed by atoms with Crippen LogP contribution < -0.4 is 14.4 Å². The van der Waals surface area contributed by atoms with Crippen LogP contribution in [0.25, 0.3) is 0 Å². The van der Waals surface area contributed by atoms with Gasteiger partial charge in [-0.15, -0.1) is 0 Å². The number of benzene rings is 3. The van der Waals surface area contributed by atoms with E-state index in [9.17, 15) is 22.4 Å². The van der Waals surface area contributed by atoms with Crippen molar-refractivity contribution in [2.24, 2.45) is 0 Å². The highest BCUT2D eigenvalue weighted by atomic mass is 32.2. The Bertz CT molecular complexity index is 1350. The van der Waals surface area contributed by atoms with Crippen molar-refractivity contribution in [1.29, 1.82) is 0 Å². The summed E-state index contributed by atoms with van der Waals surface area (Å²) in [7, 11) is -3.87. The fourth-order valence-corrected chi connectivity index (χ4v) is 4.60. The maximum absolute atomic E-state index is 13.6. The first kappa shape index (κ1) is 29.6. The second-order valence-electron chi connectivity index (χ2n) is 9.32. The standard InChI is InChI=1S/C29H34FN3O5S/c1-5-21(2)31-29(35)22(3)32(19-23-11-13-24(30)14-12-23)28(34)20-33(39(4,36)37)25-15-17-27(18-16-25)38-26-9-7-6-8-10-26/h6-18,21-22H,5,19-20H2,1-4H3,(H,31,35)/t21-,22-/m0/s1. The number of amides is 2. The Kier molecular flexibility index (Phi) is 10.1. The molecule has 0 aliphatic carbocycles. The minimum Gasteiger partial charge on any atom is -0.457 e. The smallest absolute Gasteiger partial charge is 0.244 e. The fourth-order valence-electron chi connectivity index (χ4n) is 3.75. The monoisotopic (exact) mass is 555 g/mol. The van der Waals surface area contributed by atoms with Gasteiger partial charge in [-0.1, -0.05) is 37.3 Å². The second-order valence-corrected chi connectivity index (χ2v) is 11.2. The number of sulfonamides is 1. The van der Waals surface area contributed by atoms with Crippen LogP contribution in [-0.2, 0) is 26.2 Å². The number of rotatable bonds is 12. The highest BCUT2D eigenvalue weighted by Crippen LogP contribution is 2.26. The maximum Gasteiger partial charge on any atom is 0.244 e. The zero-order valence-corrected chi connectivity index (χ0v) is 23.3. The molecule has 0 heterocycles. The molecule has 3 aromatic carbocycles. The maximum atomic E-state index is 13.6. The highest BCUT2D eigenvalue weighted by Gasteiger charge is 2.30. The summed E-state index contributed by atoms with van der Waals surface area (Å²) >= 11 is 0. The second kappa shape index (κ2) is 13.2. The molecule has 0 saturated heterocycles. The van der Waals surface area contributed by atoms with Crippen molar-refractivity contribution in [3.8, 4) is 11.5 Å². The third kappa shape index (κ3) is 8.54. The molecule has 1 N–H and O–H groups in total. The van der Waals surface area contributed by atoms with Gasteiger partial charge in [-0.25, -0.2) is 12.8 Å². The van der Waals surface area contributed by atoms with Crippen molar-refractivity contribution in [3.63, 3.8) is 0 Å². The van der Waals surface area contributed by atoms with E-state index in [4.69, 9.17) is 4.74 Å². The number of halogens is 1. The highest BCUT2D eigenvalue weighted by molar-refractivity contribution is 7.92. The van der Waals surface area contributed by atoms with Crippen LogP contribution in [0.4, 0.5) is 10.1 Å². The molecule has 0 aliphatic rings. The molecule has 3 aromatic rings. The molecule has 2 amide bonds. The van der Waals surface area contributed by atoms with Crippen molar-refractivity contribution in [2.45, 2.75) is 45.8 Å². The Balaban J connectivity index is 1.85. The molecule has 0 unspecified atom stereocenters. The van der Waals surface area contributed by atoms with Gasteiger partial charge in [0.2, 0.25) is 21.8 Å². The molecule has 0 fully saturated rings. The molecule has 0 bridgehead atoms. The minimum atomic E-state index is -3.87. The number of nitrogens with one attached hydrogen (secondary N) is 1. The zero-order chi connectivity index (χ0) is 28.6. The average molecular weight is 556 g/mol. The lowest BCUT2D eigenvalue weighted by Gasteiger charge is -2.32. The Morgan fingerprint density at radius 1 is 0.923 bits per heavy atom. The largest absolute Gasteiger partial charge is 0.457 e. The molecule has 39 heavy (non-hydrogen) atoms. The first-order valence-corrected chi connectivity index (χ1v) is 14.5. The molecule has 0 aliphatic heterocycles. The number of anilines is 1. The van der Waals surface area contributed by atoms with Gasteiger partial charge in [-0.3, -0.25) is 13.9 Å². The number of nitrogens with zero attached hydrogens (tertiary/aromatic N) is 2. The van der Waals surface area contributed by atoms with Crippen LogP contribution in [0.2, 0.25) is 0 Å². The predicted molar refractivity (Wildman–Crippen MR) is 149 cm³/mol. The van der Waals surface area contributed by atoms with Gasteiger partial charge in [0.25, 0.3) is 0 Å². The molecular weight excluding hydrogens is 521 g/mol. The summed E-state index contributed by atoms with van der Waals surface area (Å²) in [5.74, 6) is -0.254. The topological polar surface area (TPSA) is 96.0 Å². The first-order chi connectivity index (χ1) is 18.5. The molecule has 2 atom stereocenters. The van der Waals surface area contributed by atoms with Crippen molar-refractivity contribution in [1.82, 2.24) is 10.2 Å². The van der Waals surface area contributed by atoms with E-state index in [0.29, 0.717) is 23.5 Å².